The van der Waals surface area contributed by atoms with Crippen LogP contribution in [0.4, 0.5) is 13.9 Å². The van der Waals surface area contributed by atoms with Gasteiger partial charge in [-0.15, -0.1) is 0 Å². The highest BCUT2D eigenvalue weighted by molar-refractivity contribution is 7.17. The molecule has 1 amide bonds. The van der Waals surface area contributed by atoms with Crippen LogP contribution in [0.5, 0.6) is 0 Å². The smallest absolute Gasteiger partial charge is 0.260 e. The van der Waals surface area contributed by atoms with Gasteiger partial charge in [-0.2, -0.15) is 0 Å². The minimum absolute atomic E-state index is 0.159. The van der Waals surface area contributed by atoms with Crippen LogP contribution < -0.4 is 5.32 Å². The van der Waals surface area contributed by atoms with Crippen molar-refractivity contribution in [3.8, 4) is 0 Å². The van der Waals surface area contributed by atoms with Crippen molar-refractivity contribution in [1.29, 1.82) is 0 Å². The maximum atomic E-state index is 13.4. The number of amides is 1. The number of halogens is 2. The second kappa shape index (κ2) is 5.46. The molecule has 0 aliphatic heterocycles. The maximum Gasteiger partial charge on any atom is 0.260 e. The molecule has 20 heavy (non-hydrogen) atoms. The normalized spacial score (nSPS) is 10.4. The van der Waals surface area contributed by atoms with Gasteiger partial charge in [-0.3, -0.25) is 14.9 Å². The molecular formula is C13H10F2N2O2S. The Balaban J connectivity index is 2.23. The Bertz CT molecular complexity index is 698. The van der Waals surface area contributed by atoms with Gasteiger partial charge in [0.25, 0.3) is 5.91 Å². The van der Waals surface area contributed by atoms with Crippen molar-refractivity contribution in [1.82, 2.24) is 4.98 Å². The number of Topliss-reactive ketones (excluding diaryl/α,β-unsaturated/α-hetero) is 1. The monoisotopic (exact) mass is 296 g/mol. The predicted molar refractivity (Wildman–Crippen MR) is 71.2 cm³/mol. The molecule has 1 aromatic heterocycles. The summed E-state index contributed by atoms with van der Waals surface area (Å²) in [6.45, 7) is 3.03. The first-order chi connectivity index (χ1) is 9.38. The number of nitrogens with zero attached hydrogens (tertiary/aromatic N) is 1. The van der Waals surface area contributed by atoms with Crippen LogP contribution in [0.3, 0.4) is 0 Å². The minimum Gasteiger partial charge on any atom is -0.298 e. The Morgan fingerprint density at radius 3 is 2.55 bits per heavy atom. The molecule has 0 fully saturated rings. The van der Waals surface area contributed by atoms with Crippen LogP contribution in [0.25, 0.3) is 0 Å². The van der Waals surface area contributed by atoms with Crippen LogP contribution in [0.2, 0.25) is 0 Å². The van der Waals surface area contributed by atoms with Crippen molar-refractivity contribution in [2.45, 2.75) is 13.8 Å². The molecule has 0 saturated carbocycles. The van der Waals surface area contributed by atoms with Gasteiger partial charge in [-0.25, -0.2) is 13.8 Å². The molecule has 0 unspecified atom stereocenters. The molecule has 1 aromatic carbocycles. The molecule has 104 valence electrons. The van der Waals surface area contributed by atoms with Crippen molar-refractivity contribution in [2.75, 3.05) is 5.32 Å². The quantitative estimate of drug-likeness (QED) is 0.885. The first-order valence-corrected chi connectivity index (χ1v) is 6.45. The van der Waals surface area contributed by atoms with E-state index in [4.69, 9.17) is 0 Å². The zero-order chi connectivity index (χ0) is 14.9. The third-order valence-corrected chi connectivity index (χ3v) is 3.69. The number of ketones is 1. The zero-order valence-corrected chi connectivity index (χ0v) is 11.5. The van der Waals surface area contributed by atoms with Gasteiger partial charge in [0.1, 0.15) is 11.6 Å². The van der Waals surface area contributed by atoms with Crippen molar-refractivity contribution < 1.29 is 18.4 Å². The third kappa shape index (κ3) is 2.88. The second-order valence-electron chi connectivity index (χ2n) is 4.07. The maximum absolute atomic E-state index is 13.4. The average molecular weight is 296 g/mol. The van der Waals surface area contributed by atoms with Crippen LogP contribution in [0.1, 0.15) is 32.6 Å². The van der Waals surface area contributed by atoms with E-state index in [1.807, 2.05) is 0 Å². The fourth-order valence-corrected chi connectivity index (χ4v) is 2.47. The number of hydrogen-bond donors (Lipinski definition) is 1. The number of carbonyl (C=O) groups excluding carboxylic acids is 2. The molecule has 0 aliphatic carbocycles. The van der Waals surface area contributed by atoms with Gasteiger partial charge >= 0.3 is 0 Å². The molecule has 0 radical (unpaired) electrons. The van der Waals surface area contributed by atoms with E-state index in [-0.39, 0.29) is 16.5 Å². The SMILES string of the molecule is CC(=O)c1sc(NC(=O)c2ccc(F)cc2F)nc1C. The number of carbonyl (C=O) groups is 2. The fourth-order valence-electron chi connectivity index (χ4n) is 1.61. The highest BCUT2D eigenvalue weighted by Crippen LogP contribution is 2.23. The Labute approximate surface area is 117 Å². The molecule has 0 bridgehead atoms. The number of aryl methyl sites for hydroxylation is 1. The summed E-state index contributed by atoms with van der Waals surface area (Å²) < 4.78 is 26.2. The summed E-state index contributed by atoms with van der Waals surface area (Å²) in [5.41, 5.74) is 0.209. The molecule has 0 atom stereocenters. The summed E-state index contributed by atoms with van der Waals surface area (Å²) in [6, 6.07) is 2.67. The summed E-state index contributed by atoms with van der Waals surface area (Å²) in [7, 11) is 0. The lowest BCUT2D eigenvalue weighted by molar-refractivity contribution is 0.101. The van der Waals surface area contributed by atoms with Gasteiger partial charge in [0.15, 0.2) is 10.9 Å². The number of rotatable bonds is 3. The molecule has 1 heterocycles. The van der Waals surface area contributed by atoms with Gasteiger partial charge in [0.2, 0.25) is 0 Å². The average Bonchev–Trinajstić information content (AvgIpc) is 2.70. The Hall–Kier alpha value is -2.15. The van der Waals surface area contributed by atoms with Crippen molar-refractivity contribution in [3.63, 3.8) is 0 Å². The van der Waals surface area contributed by atoms with E-state index >= 15 is 0 Å². The van der Waals surface area contributed by atoms with E-state index in [1.165, 1.54) is 6.92 Å². The van der Waals surface area contributed by atoms with E-state index in [0.717, 1.165) is 23.5 Å². The fraction of sp³-hybridized carbons (Fsp3) is 0.154. The van der Waals surface area contributed by atoms with Crippen LogP contribution in [-0.2, 0) is 0 Å². The summed E-state index contributed by atoms with van der Waals surface area (Å²) in [4.78, 5) is 27.6. The van der Waals surface area contributed by atoms with Crippen LogP contribution in [0, 0.1) is 18.6 Å². The number of hydrogen-bond acceptors (Lipinski definition) is 4. The summed E-state index contributed by atoms with van der Waals surface area (Å²) in [6.07, 6.45) is 0. The lowest BCUT2D eigenvalue weighted by Gasteiger charge is -2.02. The highest BCUT2D eigenvalue weighted by atomic mass is 32.1. The van der Waals surface area contributed by atoms with Crippen molar-refractivity contribution >= 4 is 28.2 Å². The highest BCUT2D eigenvalue weighted by Gasteiger charge is 2.16. The molecule has 0 aliphatic rings. The summed E-state index contributed by atoms with van der Waals surface area (Å²) >= 11 is 1.01. The Morgan fingerprint density at radius 1 is 1.30 bits per heavy atom. The second-order valence-corrected chi connectivity index (χ2v) is 5.07. The van der Waals surface area contributed by atoms with E-state index in [9.17, 15) is 18.4 Å². The summed E-state index contributed by atoms with van der Waals surface area (Å²) in [5, 5.41) is 2.58. The van der Waals surface area contributed by atoms with E-state index in [0.29, 0.717) is 16.6 Å². The Kier molecular flexibility index (Phi) is 3.89. The molecular weight excluding hydrogens is 286 g/mol. The lowest BCUT2D eigenvalue weighted by Crippen LogP contribution is -2.13. The number of benzene rings is 1. The number of thiazole rings is 1. The topological polar surface area (TPSA) is 59.1 Å². The molecule has 7 heteroatoms. The molecule has 0 saturated heterocycles. The molecule has 2 aromatic rings. The molecule has 1 N–H and O–H groups in total. The van der Waals surface area contributed by atoms with Gasteiger partial charge in [-0.1, -0.05) is 11.3 Å². The van der Waals surface area contributed by atoms with Crippen molar-refractivity contribution in [3.05, 3.63) is 46.0 Å². The standard InChI is InChI=1S/C13H10F2N2O2S/c1-6-11(7(2)18)20-13(16-6)17-12(19)9-4-3-8(14)5-10(9)15/h3-5H,1-2H3,(H,16,17,19). The van der Waals surface area contributed by atoms with Gasteiger partial charge in [-0.05, 0) is 19.1 Å². The number of anilines is 1. The zero-order valence-electron chi connectivity index (χ0n) is 10.7. The van der Waals surface area contributed by atoms with E-state index in [1.54, 1.807) is 6.92 Å². The Morgan fingerprint density at radius 2 is 2.00 bits per heavy atom. The molecule has 0 spiro atoms. The third-order valence-electron chi connectivity index (χ3n) is 2.51. The van der Waals surface area contributed by atoms with Gasteiger partial charge in [0.05, 0.1) is 16.1 Å². The van der Waals surface area contributed by atoms with Gasteiger partial charge < -0.3 is 0 Å². The minimum atomic E-state index is -0.956. The van der Waals surface area contributed by atoms with Crippen LogP contribution >= 0.6 is 11.3 Å². The first kappa shape index (κ1) is 14.3. The van der Waals surface area contributed by atoms with Crippen LogP contribution in [0.15, 0.2) is 18.2 Å². The number of aromatic nitrogens is 1. The lowest BCUT2D eigenvalue weighted by atomic mass is 10.2. The van der Waals surface area contributed by atoms with E-state index in [2.05, 4.69) is 10.3 Å². The molecule has 2 rings (SSSR count). The van der Waals surface area contributed by atoms with Crippen LogP contribution in [-0.4, -0.2) is 16.7 Å². The van der Waals surface area contributed by atoms with Crippen molar-refractivity contribution in [2.24, 2.45) is 0 Å². The molecule has 4 nitrogen and oxygen atoms in total. The first-order valence-electron chi connectivity index (χ1n) is 5.63. The number of nitrogens with one attached hydrogen (secondary N) is 1. The largest absolute Gasteiger partial charge is 0.298 e. The van der Waals surface area contributed by atoms with Gasteiger partial charge in [0, 0.05) is 13.0 Å². The predicted octanol–water partition coefficient (Wildman–Crippen LogP) is 3.18. The van der Waals surface area contributed by atoms with E-state index < -0.39 is 17.5 Å². The summed E-state index contributed by atoms with van der Waals surface area (Å²) in [5.74, 6) is -2.62.